The minimum Gasteiger partial charge on any atom is -0.383 e. The summed E-state index contributed by atoms with van der Waals surface area (Å²) in [5, 5.41) is 6.81. The van der Waals surface area contributed by atoms with Gasteiger partial charge in [-0.25, -0.2) is 0 Å². The van der Waals surface area contributed by atoms with Crippen molar-refractivity contribution < 1.29 is 4.74 Å². The maximum absolute atomic E-state index is 4.96. The number of hydrogen-bond donors (Lipinski definition) is 2. The smallest absolute Gasteiger partial charge is 0.0587 e. The van der Waals surface area contributed by atoms with E-state index >= 15 is 0 Å². The van der Waals surface area contributed by atoms with Gasteiger partial charge in [-0.2, -0.15) is 0 Å². The van der Waals surface area contributed by atoms with Crippen molar-refractivity contribution in [3.05, 3.63) is 21.4 Å². The topological polar surface area (TPSA) is 33.3 Å². The number of ether oxygens (including phenoxy) is 1. The fourth-order valence-corrected chi connectivity index (χ4v) is 2.61. The Morgan fingerprint density at radius 1 is 1.18 bits per heavy atom. The van der Waals surface area contributed by atoms with Crippen LogP contribution in [-0.4, -0.2) is 33.4 Å². The number of thiophene rings is 1. The fourth-order valence-electron chi connectivity index (χ4n) is 1.59. The monoisotopic (exact) mass is 256 g/mol. The molecule has 1 aromatic heterocycles. The summed E-state index contributed by atoms with van der Waals surface area (Å²) in [5.41, 5.74) is 1.41. The molecule has 0 unspecified atom stereocenters. The predicted octanol–water partition coefficient (Wildman–Crippen LogP) is 2.08. The molecule has 0 saturated carbocycles. The zero-order chi connectivity index (χ0) is 12.5. The van der Waals surface area contributed by atoms with E-state index in [-0.39, 0.29) is 0 Å². The van der Waals surface area contributed by atoms with Gasteiger partial charge >= 0.3 is 0 Å². The molecule has 4 heteroatoms. The summed E-state index contributed by atoms with van der Waals surface area (Å²) in [6, 6.07) is 2.28. The molecule has 0 fully saturated rings. The molecule has 1 aromatic rings. The molecule has 0 spiro atoms. The second-order valence-electron chi connectivity index (χ2n) is 4.23. The van der Waals surface area contributed by atoms with E-state index in [0.717, 1.165) is 39.2 Å². The van der Waals surface area contributed by atoms with Gasteiger partial charge in [0.2, 0.25) is 0 Å². The highest BCUT2D eigenvalue weighted by Gasteiger charge is 2.00. The Morgan fingerprint density at radius 3 is 2.59 bits per heavy atom. The Hall–Kier alpha value is -0.420. The van der Waals surface area contributed by atoms with Crippen LogP contribution >= 0.6 is 11.3 Å². The molecule has 1 heterocycles. The van der Waals surface area contributed by atoms with Gasteiger partial charge in [0.15, 0.2) is 0 Å². The normalized spacial score (nSPS) is 11.0. The first-order valence-corrected chi connectivity index (χ1v) is 7.02. The third-order valence-corrected chi connectivity index (χ3v) is 3.86. The van der Waals surface area contributed by atoms with E-state index < -0.39 is 0 Å². The van der Waals surface area contributed by atoms with Crippen molar-refractivity contribution in [3.63, 3.8) is 0 Å². The SMILES string of the molecule is COCCNCCCNCc1cc(C)c(C)s1. The van der Waals surface area contributed by atoms with Gasteiger partial charge in [-0.15, -0.1) is 11.3 Å². The Bertz CT molecular complexity index is 293. The lowest BCUT2D eigenvalue weighted by Crippen LogP contribution is -2.24. The number of rotatable bonds is 9. The van der Waals surface area contributed by atoms with Crippen LogP contribution in [0.5, 0.6) is 0 Å². The zero-order valence-electron chi connectivity index (χ0n) is 11.1. The van der Waals surface area contributed by atoms with Crippen molar-refractivity contribution in [1.82, 2.24) is 10.6 Å². The Kier molecular flexibility index (Phi) is 7.44. The number of hydrogen-bond acceptors (Lipinski definition) is 4. The van der Waals surface area contributed by atoms with Crippen LogP contribution in [0.2, 0.25) is 0 Å². The first kappa shape index (κ1) is 14.6. The largest absolute Gasteiger partial charge is 0.383 e. The molecule has 0 aliphatic rings. The van der Waals surface area contributed by atoms with Gasteiger partial charge in [0.1, 0.15) is 0 Å². The highest BCUT2D eigenvalue weighted by atomic mass is 32.1. The number of nitrogens with one attached hydrogen (secondary N) is 2. The second-order valence-corrected chi connectivity index (χ2v) is 5.57. The van der Waals surface area contributed by atoms with Crippen LogP contribution in [0.25, 0.3) is 0 Å². The lowest BCUT2D eigenvalue weighted by molar-refractivity contribution is 0.199. The summed E-state index contributed by atoms with van der Waals surface area (Å²) in [7, 11) is 1.73. The van der Waals surface area contributed by atoms with Crippen LogP contribution < -0.4 is 10.6 Å². The van der Waals surface area contributed by atoms with Crippen LogP contribution in [-0.2, 0) is 11.3 Å². The number of aryl methyl sites for hydroxylation is 2. The quantitative estimate of drug-likeness (QED) is 0.664. The van der Waals surface area contributed by atoms with Crippen molar-refractivity contribution in [2.75, 3.05) is 33.4 Å². The van der Waals surface area contributed by atoms with Gasteiger partial charge in [-0.3, -0.25) is 0 Å². The van der Waals surface area contributed by atoms with E-state index in [1.807, 2.05) is 11.3 Å². The van der Waals surface area contributed by atoms with Crippen LogP contribution in [0.4, 0.5) is 0 Å². The molecular weight excluding hydrogens is 232 g/mol. The molecule has 0 aliphatic heterocycles. The van der Waals surface area contributed by atoms with Crippen LogP contribution in [0.3, 0.4) is 0 Å². The second kappa shape index (κ2) is 8.64. The van der Waals surface area contributed by atoms with E-state index in [4.69, 9.17) is 4.74 Å². The minimum absolute atomic E-state index is 0.793. The molecule has 0 amide bonds. The fraction of sp³-hybridized carbons (Fsp3) is 0.692. The van der Waals surface area contributed by atoms with Crippen molar-refractivity contribution in [3.8, 4) is 0 Å². The summed E-state index contributed by atoms with van der Waals surface area (Å²) in [6.45, 7) is 9.21. The Balaban J connectivity index is 1.97. The highest BCUT2D eigenvalue weighted by molar-refractivity contribution is 7.12. The van der Waals surface area contributed by atoms with E-state index in [0.29, 0.717) is 0 Å². The average molecular weight is 256 g/mol. The minimum atomic E-state index is 0.793. The van der Waals surface area contributed by atoms with Crippen molar-refractivity contribution in [2.45, 2.75) is 26.8 Å². The third-order valence-electron chi connectivity index (χ3n) is 2.71. The van der Waals surface area contributed by atoms with Gasteiger partial charge in [-0.05, 0) is 45.0 Å². The van der Waals surface area contributed by atoms with Gasteiger partial charge in [0.25, 0.3) is 0 Å². The molecule has 17 heavy (non-hydrogen) atoms. The van der Waals surface area contributed by atoms with Crippen molar-refractivity contribution in [1.29, 1.82) is 0 Å². The third kappa shape index (κ3) is 6.17. The standard InChI is InChI=1S/C13H24N2OS/c1-11-9-13(17-12(11)2)10-15-6-4-5-14-7-8-16-3/h9,14-15H,4-8,10H2,1-3H3. The first-order valence-electron chi connectivity index (χ1n) is 6.20. The maximum Gasteiger partial charge on any atom is 0.0587 e. The molecule has 0 bridgehead atoms. The van der Waals surface area contributed by atoms with E-state index in [1.165, 1.54) is 15.3 Å². The van der Waals surface area contributed by atoms with E-state index in [9.17, 15) is 0 Å². The lowest BCUT2D eigenvalue weighted by atomic mass is 10.3. The van der Waals surface area contributed by atoms with Crippen molar-refractivity contribution >= 4 is 11.3 Å². The molecule has 1 rings (SSSR count). The highest BCUT2D eigenvalue weighted by Crippen LogP contribution is 2.19. The van der Waals surface area contributed by atoms with Crippen LogP contribution in [0, 0.1) is 13.8 Å². The molecule has 0 saturated heterocycles. The van der Waals surface area contributed by atoms with Gasteiger partial charge in [-0.1, -0.05) is 0 Å². The predicted molar refractivity (Wildman–Crippen MR) is 74.9 cm³/mol. The molecule has 0 radical (unpaired) electrons. The summed E-state index contributed by atoms with van der Waals surface area (Å²) in [5.74, 6) is 0. The molecule has 0 atom stereocenters. The summed E-state index contributed by atoms with van der Waals surface area (Å²) in [4.78, 5) is 2.87. The Labute approximate surface area is 109 Å². The molecule has 0 aliphatic carbocycles. The summed E-state index contributed by atoms with van der Waals surface area (Å²) in [6.07, 6.45) is 1.16. The lowest BCUT2D eigenvalue weighted by Gasteiger charge is -2.05. The maximum atomic E-state index is 4.96. The Morgan fingerprint density at radius 2 is 1.94 bits per heavy atom. The number of methoxy groups -OCH3 is 1. The molecular formula is C13H24N2OS. The van der Waals surface area contributed by atoms with Crippen LogP contribution in [0.15, 0.2) is 6.07 Å². The zero-order valence-corrected chi connectivity index (χ0v) is 12.0. The van der Waals surface area contributed by atoms with Crippen molar-refractivity contribution in [2.24, 2.45) is 0 Å². The van der Waals surface area contributed by atoms with Gasteiger partial charge in [0, 0.05) is 30.0 Å². The summed E-state index contributed by atoms with van der Waals surface area (Å²) < 4.78 is 4.96. The average Bonchev–Trinajstić information content (AvgIpc) is 2.62. The molecule has 3 nitrogen and oxygen atoms in total. The van der Waals surface area contributed by atoms with E-state index in [1.54, 1.807) is 7.11 Å². The molecule has 2 N–H and O–H groups in total. The van der Waals surface area contributed by atoms with E-state index in [2.05, 4.69) is 30.5 Å². The summed E-state index contributed by atoms with van der Waals surface area (Å²) >= 11 is 1.89. The van der Waals surface area contributed by atoms with Gasteiger partial charge in [0.05, 0.1) is 6.61 Å². The van der Waals surface area contributed by atoms with Gasteiger partial charge < -0.3 is 15.4 Å². The molecule has 0 aromatic carbocycles. The van der Waals surface area contributed by atoms with Crippen LogP contribution in [0.1, 0.15) is 21.7 Å². The first-order chi connectivity index (χ1) is 8.24. The molecule has 98 valence electrons.